The van der Waals surface area contributed by atoms with Crippen molar-refractivity contribution in [3.8, 4) is 6.07 Å². The molecule has 4 nitrogen and oxygen atoms in total. The Bertz CT molecular complexity index is 391. The van der Waals surface area contributed by atoms with Crippen molar-refractivity contribution in [2.45, 2.75) is 13.0 Å². The Morgan fingerprint density at radius 1 is 1.64 bits per heavy atom. The zero-order valence-corrected chi connectivity index (χ0v) is 7.94. The van der Waals surface area contributed by atoms with Gasteiger partial charge in [0, 0.05) is 19.3 Å². The smallest absolute Gasteiger partial charge is 0.129 e. The molecule has 1 aromatic heterocycles. The first kappa shape index (κ1) is 8.97. The van der Waals surface area contributed by atoms with Crippen LogP contribution in [0.15, 0.2) is 12.3 Å². The molecular formula is C10H11N3O. The number of rotatable bonds is 1. The highest BCUT2D eigenvalue weighted by Crippen LogP contribution is 2.20. The van der Waals surface area contributed by atoms with E-state index >= 15 is 0 Å². The molecule has 0 aliphatic carbocycles. The second-order valence-electron chi connectivity index (χ2n) is 3.53. The molecular weight excluding hydrogens is 178 g/mol. The third-order valence-electron chi connectivity index (χ3n) is 2.40. The standard InChI is InChI=1S/C10H11N3O/c1-7-4-12-10(2-8(7)3-11)13-5-9(14)6-13/h2,4,9,14H,5-6H2,1H3. The lowest BCUT2D eigenvalue weighted by Gasteiger charge is -2.36. The first-order chi connectivity index (χ1) is 6.70. The van der Waals surface area contributed by atoms with Crippen molar-refractivity contribution in [3.05, 3.63) is 23.4 Å². The molecule has 0 aromatic carbocycles. The van der Waals surface area contributed by atoms with Gasteiger partial charge in [-0.1, -0.05) is 0 Å². The van der Waals surface area contributed by atoms with E-state index in [9.17, 15) is 0 Å². The zero-order valence-electron chi connectivity index (χ0n) is 7.94. The van der Waals surface area contributed by atoms with Gasteiger partial charge in [0.1, 0.15) is 5.82 Å². The molecule has 2 rings (SSSR count). The summed E-state index contributed by atoms with van der Waals surface area (Å²) in [6.07, 6.45) is 1.45. The minimum absolute atomic E-state index is 0.247. The average molecular weight is 189 g/mol. The SMILES string of the molecule is Cc1cnc(N2CC(O)C2)cc1C#N. The number of nitriles is 1. The molecule has 14 heavy (non-hydrogen) atoms. The number of hydrogen-bond donors (Lipinski definition) is 1. The lowest BCUT2D eigenvalue weighted by Crippen LogP contribution is -2.51. The number of aryl methyl sites for hydroxylation is 1. The van der Waals surface area contributed by atoms with Gasteiger partial charge in [-0.25, -0.2) is 4.98 Å². The van der Waals surface area contributed by atoms with Gasteiger partial charge in [0.05, 0.1) is 17.7 Å². The highest BCUT2D eigenvalue weighted by atomic mass is 16.3. The van der Waals surface area contributed by atoms with E-state index in [1.807, 2.05) is 11.8 Å². The van der Waals surface area contributed by atoms with Crippen LogP contribution in [-0.4, -0.2) is 29.3 Å². The Morgan fingerprint density at radius 3 is 2.93 bits per heavy atom. The van der Waals surface area contributed by atoms with Gasteiger partial charge in [0.25, 0.3) is 0 Å². The van der Waals surface area contributed by atoms with Crippen LogP contribution in [-0.2, 0) is 0 Å². The molecule has 0 unspecified atom stereocenters. The van der Waals surface area contributed by atoms with E-state index in [0.717, 1.165) is 11.4 Å². The van der Waals surface area contributed by atoms with Gasteiger partial charge in [-0.3, -0.25) is 0 Å². The molecule has 0 saturated carbocycles. The predicted octanol–water partition coefficient (Wildman–Crippen LogP) is 0.443. The van der Waals surface area contributed by atoms with Crippen molar-refractivity contribution < 1.29 is 5.11 Å². The van der Waals surface area contributed by atoms with Crippen molar-refractivity contribution in [2.75, 3.05) is 18.0 Å². The summed E-state index contributed by atoms with van der Waals surface area (Å²) < 4.78 is 0. The molecule has 1 aliphatic heterocycles. The molecule has 1 fully saturated rings. The van der Waals surface area contributed by atoms with Gasteiger partial charge < -0.3 is 10.0 Å². The van der Waals surface area contributed by atoms with Gasteiger partial charge in [-0.15, -0.1) is 0 Å². The van der Waals surface area contributed by atoms with Gasteiger partial charge in [-0.05, 0) is 18.6 Å². The summed E-state index contributed by atoms with van der Waals surface area (Å²) in [6, 6.07) is 3.89. The minimum Gasteiger partial charge on any atom is -0.389 e. The molecule has 2 heterocycles. The van der Waals surface area contributed by atoms with E-state index < -0.39 is 0 Å². The van der Waals surface area contributed by atoms with Crippen molar-refractivity contribution in [1.82, 2.24) is 4.98 Å². The number of β-amino-alcohol motifs (C(OH)–C–C–N with tert-alkyl or cyclic N) is 1. The van der Waals surface area contributed by atoms with Gasteiger partial charge in [0.2, 0.25) is 0 Å². The van der Waals surface area contributed by atoms with Crippen LogP contribution in [0.2, 0.25) is 0 Å². The van der Waals surface area contributed by atoms with E-state index in [4.69, 9.17) is 10.4 Å². The second-order valence-corrected chi connectivity index (χ2v) is 3.53. The van der Waals surface area contributed by atoms with Crippen LogP contribution in [0.4, 0.5) is 5.82 Å². The lowest BCUT2D eigenvalue weighted by atomic mass is 10.1. The van der Waals surface area contributed by atoms with Crippen LogP contribution in [0.5, 0.6) is 0 Å². The molecule has 0 radical (unpaired) electrons. The van der Waals surface area contributed by atoms with Crippen molar-refractivity contribution >= 4 is 5.82 Å². The maximum absolute atomic E-state index is 9.13. The number of aliphatic hydroxyl groups is 1. The van der Waals surface area contributed by atoms with E-state index in [2.05, 4.69) is 11.1 Å². The van der Waals surface area contributed by atoms with E-state index in [1.165, 1.54) is 0 Å². The summed E-state index contributed by atoms with van der Waals surface area (Å²) in [4.78, 5) is 6.16. The molecule has 1 N–H and O–H groups in total. The number of hydrogen-bond acceptors (Lipinski definition) is 4. The fourth-order valence-electron chi connectivity index (χ4n) is 1.45. The molecule has 0 atom stereocenters. The summed E-state index contributed by atoms with van der Waals surface area (Å²) >= 11 is 0. The highest BCUT2D eigenvalue weighted by Gasteiger charge is 2.25. The summed E-state index contributed by atoms with van der Waals surface area (Å²) in [6.45, 7) is 3.09. The lowest BCUT2D eigenvalue weighted by molar-refractivity contribution is 0.141. The molecule has 4 heteroatoms. The summed E-state index contributed by atoms with van der Waals surface area (Å²) in [5.74, 6) is 0.775. The molecule has 1 aliphatic rings. The normalized spacial score (nSPS) is 16.2. The number of anilines is 1. The number of nitrogens with zero attached hydrogens (tertiary/aromatic N) is 3. The monoisotopic (exact) mass is 189 g/mol. The topological polar surface area (TPSA) is 60.1 Å². The Hall–Kier alpha value is -1.60. The Balaban J connectivity index is 2.24. The maximum atomic E-state index is 9.13. The fourth-order valence-corrected chi connectivity index (χ4v) is 1.45. The number of aliphatic hydroxyl groups excluding tert-OH is 1. The third kappa shape index (κ3) is 1.42. The first-order valence-electron chi connectivity index (χ1n) is 4.50. The quantitative estimate of drug-likeness (QED) is 0.696. The largest absolute Gasteiger partial charge is 0.389 e. The minimum atomic E-state index is -0.247. The Morgan fingerprint density at radius 2 is 2.36 bits per heavy atom. The van der Waals surface area contributed by atoms with E-state index in [-0.39, 0.29) is 6.10 Å². The summed E-state index contributed by atoms with van der Waals surface area (Å²) in [5.41, 5.74) is 1.54. The summed E-state index contributed by atoms with van der Waals surface area (Å²) in [5, 5.41) is 17.9. The van der Waals surface area contributed by atoms with Gasteiger partial charge >= 0.3 is 0 Å². The Kier molecular flexibility index (Phi) is 2.10. The number of pyridine rings is 1. The van der Waals surface area contributed by atoms with Crippen LogP contribution in [0.25, 0.3) is 0 Å². The molecule has 72 valence electrons. The van der Waals surface area contributed by atoms with E-state index in [0.29, 0.717) is 18.7 Å². The predicted molar refractivity (Wildman–Crippen MR) is 51.9 cm³/mol. The van der Waals surface area contributed by atoms with Crippen LogP contribution < -0.4 is 4.90 Å². The molecule has 1 aromatic rings. The van der Waals surface area contributed by atoms with Crippen LogP contribution in [0.3, 0.4) is 0 Å². The number of aromatic nitrogens is 1. The van der Waals surface area contributed by atoms with Crippen LogP contribution in [0, 0.1) is 18.3 Å². The fraction of sp³-hybridized carbons (Fsp3) is 0.400. The maximum Gasteiger partial charge on any atom is 0.129 e. The van der Waals surface area contributed by atoms with Gasteiger partial charge in [0.15, 0.2) is 0 Å². The summed E-state index contributed by atoms with van der Waals surface area (Å²) in [7, 11) is 0. The first-order valence-corrected chi connectivity index (χ1v) is 4.50. The highest BCUT2D eigenvalue weighted by molar-refractivity contribution is 5.49. The van der Waals surface area contributed by atoms with Crippen LogP contribution >= 0.6 is 0 Å². The molecule has 0 spiro atoms. The molecule has 0 bridgehead atoms. The Labute approximate surface area is 82.4 Å². The van der Waals surface area contributed by atoms with Gasteiger partial charge in [-0.2, -0.15) is 5.26 Å². The molecule has 1 saturated heterocycles. The zero-order chi connectivity index (χ0) is 10.1. The van der Waals surface area contributed by atoms with Crippen molar-refractivity contribution in [3.63, 3.8) is 0 Å². The van der Waals surface area contributed by atoms with Crippen molar-refractivity contribution in [1.29, 1.82) is 5.26 Å². The molecule has 0 amide bonds. The van der Waals surface area contributed by atoms with E-state index in [1.54, 1.807) is 12.3 Å². The van der Waals surface area contributed by atoms with Crippen LogP contribution in [0.1, 0.15) is 11.1 Å². The second kappa shape index (κ2) is 3.28. The average Bonchev–Trinajstić information content (AvgIpc) is 2.14. The van der Waals surface area contributed by atoms with Crippen molar-refractivity contribution in [2.24, 2.45) is 0 Å². The third-order valence-corrected chi connectivity index (χ3v) is 2.40.